The van der Waals surface area contributed by atoms with Crippen LogP contribution in [0.25, 0.3) is 0 Å². The van der Waals surface area contributed by atoms with Gasteiger partial charge in [0.1, 0.15) is 0 Å². The minimum atomic E-state index is -0.350. The van der Waals surface area contributed by atoms with Crippen LogP contribution in [-0.4, -0.2) is 41.4 Å². The summed E-state index contributed by atoms with van der Waals surface area (Å²) in [6.45, 7) is 4.42. The molecule has 0 aliphatic rings. The standard InChI is InChI=1S/C15H23NO2S/c1-12-4-6-14(7-5-12)19-11-9-15(18)16(3)10-8-13(2)17/h4-7,13,17H,8-11H2,1-3H3. The number of amides is 1. The van der Waals surface area contributed by atoms with E-state index < -0.39 is 0 Å². The number of benzene rings is 1. The normalized spacial score (nSPS) is 12.2. The van der Waals surface area contributed by atoms with Crippen molar-refractivity contribution in [1.82, 2.24) is 4.90 Å². The fourth-order valence-corrected chi connectivity index (χ4v) is 2.43. The third-order valence-corrected chi connectivity index (χ3v) is 3.93. The van der Waals surface area contributed by atoms with Gasteiger partial charge in [-0.25, -0.2) is 0 Å². The summed E-state index contributed by atoms with van der Waals surface area (Å²) in [5, 5.41) is 9.19. The van der Waals surface area contributed by atoms with Gasteiger partial charge in [0.2, 0.25) is 5.91 Å². The van der Waals surface area contributed by atoms with Crippen molar-refractivity contribution in [3.63, 3.8) is 0 Å². The molecular formula is C15H23NO2S. The van der Waals surface area contributed by atoms with E-state index in [-0.39, 0.29) is 12.0 Å². The number of nitrogens with zero attached hydrogens (tertiary/aromatic N) is 1. The molecule has 0 bridgehead atoms. The highest BCUT2D eigenvalue weighted by atomic mass is 32.2. The molecule has 0 saturated carbocycles. The highest BCUT2D eigenvalue weighted by molar-refractivity contribution is 7.99. The summed E-state index contributed by atoms with van der Waals surface area (Å²) in [6, 6.07) is 8.33. The third kappa shape index (κ3) is 6.64. The van der Waals surface area contributed by atoms with E-state index in [1.807, 2.05) is 0 Å². The van der Waals surface area contributed by atoms with Crippen LogP contribution in [0.2, 0.25) is 0 Å². The van der Waals surface area contributed by atoms with Crippen LogP contribution in [0.1, 0.15) is 25.3 Å². The highest BCUT2D eigenvalue weighted by Gasteiger charge is 2.09. The quantitative estimate of drug-likeness (QED) is 0.781. The Hall–Kier alpha value is -1.00. The first kappa shape index (κ1) is 16.1. The number of aryl methyl sites for hydroxylation is 1. The smallest absolute Gasteiger partial charge is 0.223 e. The van der Waals surface area contributed by atoms with Crippen molar-refractivity contribution in [3.05, 3.63) is 29.8 Å². The summed E-state index contributed by atoms with van der Waals surface area (Å²) in [5.74, 6) is 0.932. The predicted molar refractivity (Wildman–Crippen MR) is 80.5 cm³/mol. The van der Waals surface area contributed by atoms with Crippen molar-refractivity contribution in [2.45, 2.75) is 37.7 Å². The summed E-state index contributed by atoms with van der Waals surface area (Å²) in [6.07, 6.45) is 0.819. The lowest BCUT2D eigenvalue weighted by atomic mass is 10.2. The second kappa shape index (κ2) is 8.23. The molecular weight excluding hydrogens is 258 g/mol. The minimum absolute atomic E-state index is 0.139. The Morgan fingerprint density at radius 1 is 1.37 bits per heavy atom. The van der Waals surface area contributed by atoms with Crippen LogP contribution in [0.4, 0.5) is 0 Å². The number of thioether (sulfide) groups is 1. The number of aliphatic hydroxyl groups excluding tert-OH is 1. The van der Waals surface area contributed by atoms with E-state index in [4.69, 9.17) is 0 Å². The third-order valence-electron chi connectivity index (χ3n) is 2.91. The first-order valence-corrected chi connectivity index (χ1v) is 7.59. The topological polar surface area (TPSA) is 40.5 Å². The zero-order chi connectivity index (χ0) is 14.3. The maximum atomic E-state index is 11.8. The first-order valence-electron chi connectivity index (χ1n) is 6.60. The minimum Gasteiger partial charge on any atom is -0.393 e. The zero-order valence-electron chi connectivity index (χ0n) is 11.9. The van der Waals surface area contributed by atoms with Crippen molar-refractivity contribution in [2.24, 2.45) is 0 Å². The fourth-order valence-electron chi connectivity index (χ4n) is 1.59. The predicted octanol–water partition coefficient (Wildman–Crippen LogP) is 2.71. The molecule has 0 radical (unpaired) electrons. The molecule has 0 heterocycles. The average Bonchev–Trinajstić information content (AvgIpc) is 2.38. The van der Waals surface area contributed by atoms with Crippen molar-refractivity contribution < 1.29 is 9.90 Å². The van der Waals surface area contributed by atoms with Crippen molar-refractivity contribution in [1.29, 1.82) is 0 Å². The largest absolute Gasteiger partial charge is 0.393 e. The van der Waals surface area contributed by atoms with Crippen molar-refractivity contribution >= 4 is 17.7 Å². The summed E-state index contributed by atoms with van der Waals surface area (Å²) >= 11 is 1.70. The molecule has 106 valence electrons. The SMILES string of the molecule is Cc1ccc(SCCC(=O)N(C)CCC(C)O)cc1. The van der Waals surface area contributed by atoms with E-state index in [1.165, 1.54) is 10.5 Å². The van der Waals surface area contributed by atoms with Crippen LogP contribution in [0, 0.1) is 6.92 Å². The summed E-state index contributed by atoms with van der Waals surface area (Å²) < 4.78 is 0. The van der Waals surface area contributed by atoms with Gasteiger partial charge in [-0.1, -0.05) is 17.7 Å². The van der Waals surface area contributed by atoms with E-state index >= 15 is 0 Å². The number of carbonyl (C=O) groups excluding carboxylic acids is 1. The maximum absolute atomic E-state index is 11.8. The fraction of sp³-hybridized carbons (Fsp3) is 0.533. The van der Waals surface area contributed by atoms with Gasteiger partial charge in [0.25, 0.3) is 0 Å². The van der Waals surface area contributed by atoms with Crippen molar-refractivity contribution in [3.8, 4) is 0 Å². The second-order valence-electron chi connectivity index (χ2n) is 4.86. The van der Waals surface area contributed by atoms with Gasteiger partial charge in [-0.2, -0.15) is 0 Å². The van der Waals surface area contributed by atoms with Crippen LogP contribution in [-0.2, 0) is 4.79 Å². The molecule has 1 atom stereocenters. The molecule has 19 heavy (non-hydrogen) atoms. The molecule has 1 rings (SSSR count). The Kier molecular flexibility index (Phi) is 6.95. The van der Waals surface area contributed by atoms with E-state index in [1.54, 1.807) is 30.6 Å². The Labute approximate surface area is 120 Å². The molecule has 0 aliphatic heterocycles. The van der Waals surface area contributed by atoms with E-state index in [2.05, 4.69) is 31.2 Å². The molecule has 0 saturated heterocycles. The van der Waals surface area contributed by atoms with Gasteiger partial charge in [-0.15, -0.1) is 11.8 Å². The van der Waals surface area contributed by atoms with Gasteiger partial charge in [0.05, 0.1) is 6.10 Å². The molecule has 1 aromatic rings. The molecule has 1 aromatic carbocycles. The lowest BCUT2D eigenvalue weighted by molar-refractivity contribution is -0.129. The van der Waals surface area contributed by atoms with E-state index in [0.29, 0.717) is 19.4 Å². The van der Waals surface area contributed by atoms with Crippen LogP contribution < -0.4 is 0 Å². The Morgan fingerprint density at radius 3 is 2.58 bits per heavy atom. The Morgan fingerprint density at radius 2 is 2.00 bits per heavy atom. The second-order valence-corrected chi connectivity index (χ2v) is 6.03. The molecule has 0 aromatic heterocycles. The Balaban J connectivity index is 2.24. The van der Waals surface area contributed by atoms with Crippen LogP contribution in [0.5, 0.6) is 0 Å². The average molecular weight is 281 g/mol. The molecule has 0 aliphatic carbocycles. The monoisotopic (exact) mass is 281 g/mol. The summed E-state index contributed by atoms with van der Waals surface area (Å²) in [5.41, 5.74) is 1.25. The van der Waals surface area contributed by atoms with Gasteiger partial charge in [0, 0.05) is 30.7 Å². The number of hydrogen-bond acceptors (Lipinski definition) is 3. The lowest BCUT2D eigenvalue weighted by Gasteiger charge is -2.17. The van der Waals surface area contributed by atoms with Gasteiger partial charge in [0.15, 0.2) is 0 Å². The molecule has 3 nitrogen and oxygen atoms in total. The molecule has 4 heteroatoms. The maximum Gasteiger partial charge on any atom is 0.223 e. The van der Waals surface area contributed by atoms with Gasteiger partial charge in [-0.3, -0.25) is 4.79 Å². The number of carbonyl (C=O) groups is 1. The highest BCUT2D eigenvalue weighted by Crippen LogP contribution is 2.19. The molecule has 1 amide bonds. The molecule has 0 spiro atoms. The van der Waals surface area contributed by atoms with Crippen LogP contribution in [0.3, 0.4) is 0 Å². The first-order chi connectivity index (χ1) is 8.99. The number of rotatable bonds is 7. The van der Waals surface area contributed by atoms with Crippen LogP contribution in [0.15, 0.2) is 29.2 Å². The van der Waals surface area contributed by atoms with Gasteiger partial charge in [-0.05, 0) is 32.4 Å². The molecule has 1 unspecified atom stereocenters. The summed E-state index contributed by atoms with van der Waals surface area (Å²) in [7, 11) is 1.79. The van der Waals surface area contributed by atoms with Gasteiger partial charge < -0.3 is 10.0 Å². The molecule has 1 N–H and O–H groups in total. The number of aliphatic hydroxyl groups is 1. The Bertz CT molecular complexity index is 390. The zero-order valence-corrected chi connectivity index (χ0v) is 12.7. The van der Waals surface area contributed by atoms with Crippen LogP contribution >= 0.6 is 11.8 Å². The number of hydrogen-bond donors (Lipinski definition) is 1. The lowest BCUT2D eigenvalue weighted by Crippen LogP contribution is -2.29. The van der Waals surface area contributed by atoms with E-state index in [0.717, 1.165) is 5.75 Å². The van der Waals surface area contributed by atoms with Gasteiger partial charge >= 0.3 is 0 Å². The molecule has 0 fully saturated rings. The van der Waals surface area contributed by atoms with Crippen molar-refractivity contribution in [2.75, 3.05) is 19.3 Å². The van der Waals surface area contributed by atoms with E-state index in [9.17, 15) is 9.90 Å². The summed E-state index contributed by atoms with van der Waals surface area (Å²) in [4.78, 5) is 14.7.